The maximum Gasteiger partial charge on any atom is 0.219 e. The highest BCUT2D eigenvalue weighted by atomic mass is 32.1. The summed E-state index contributed by atoms with van der Waals surface area (Å²) in [5, 5.41) is 0. The zero-order valence-corrected chi connectivity index (χ0v) is 20.3. The van der Waals surface area contributed by atoms with Crippen molar-refractivity contribution in [3.8, 4) is 5.75 Å². The molecule has 2 heterocycles. The van der Waals surface area contributed by atoms with Gasteiger partial charge in [0.05, 0.1) is 7.11 Å². The molecule has 4 rings (SSSR count). The van der Waals surface area contributed by atoms with Crippen molar-refractivity contribution in [3.63, 3.8) is 0 Å². The molecule has 1 aliphatic heterocycles. The van der Waals surface area contributed by atoms with Crippen molar-refractivity contribution in [1.82, 2.24) is 9.80 Å². The molecule has 1 saturated heterocycles. The summed E-state index contributed by atoms with van der Waals surface area (Å²) in [5.74, 6) is 1.26. The van der Waals surface area contributed by atoms with E-state index in [0.29, 0.717) is 24.9 Å². The molecule has 2 aromatic carbocycles. The first-order valence-corrected chi connectivity index (χ1v) is 12.1. The second kappa shape index (κ2) is 10.5. The van der Waals surface area contributed by atoms with E-state index in [9.17, 15) is 9.18 Å². The van der Waals surface area contributed by atoms with E-state index in [1.807, 2.05) is 28.4 Å². The molecular formula is C27H31FN2O2S. The number of benzene rings is 2. The van der Waals surface area contributed by atoms with Crippen molar-refractivity contribution < 1.29 is 13.9 Å². The van der Waals surface area contributed by atoms with Crippen LogP contribution in [0.25, 0.3) is 0 Å². The summed E-state index contributed by atoms with van der Waals surface area (Å²) < 4.78 is 18.7. The number of halogens is 1. The first-order chi connectivity index (χ1) is 15.9. The molecule has 1 aliphatic rings. The Bertz CT molecular complexity index is 1060. The van der Waals surface area contributed by atoms with Crippen molar-refractivity contribution in [2.45, 2.75) is 32.9 Å². The van der Waals surface area contributed by atoms with Gasteiger partial charge in [-0.05, 0) is 60.4 Å². The minimum Gasteiger partial charge on any atom is -0.497 e. The molecule has 174 valence electrons. The number of thiophene rings is 1. The Kier molecular flexibility index (Phi) is 7.46. The lowest BCUT2D eigenvalue weighted by Gasteiger charge is -2.28. The number of ether oxygens (including phenoxy) is 1. The molecule has 33 heavy (non-hydrogen) atoms. The Morgan fingerprint density at radius 3 is 2.42 bits per heavy atom. The fourth-order valence-corrected chi connectivity index (χ4v) is 5.62. The third kappa shape index (κ3) is 6.01. The molecule has 0 N–H and O–H groups in total. The Morgan fingerprint density at radius 2 is 1.82 bits per heavy atom. The van der Waals surface area contributed by atoms with Gasteiger partial charge in [-0.1, -0.05) is 24.3 Å². The number of methoxy groups -OCH3 is 1. The highest BCUT2D eigenvalue weighted by Gasteiger charge is 2.35. The summed E-state index contributed by atoms with van der Waals surface area (Å²) in [4.78, 5) is 19.6. The van der Waals surface area contributed by atoms with Crippen LogP contribution in [0.4, 0.5) is 4.39 Å². The molecule has 1 fully saturated rings. The van der Waals surface area contributed by atoms with E-state index in [0.717, 1.165) is 30.9 Å². The smallest absolute Gasteiger partial charge is 0.219 e. The molecule has 1 amide bonds. The van der Waals surface area contributed by atoms with Crippen LogP contribution >= 0.6 is 11.3 Å². The molecule has 0 bridgehead atoms. The number of hydrogen-bond acceptors (Lipinski definition) is 4. The van der Waals surface area contributed by atoms with E-state index in [1.165, 1.54) is 27.5 Å². The van der Waals surface area contributed by atoms with Crippen LogP contribution in [0.5, 0.6) is 5.75 Å². The average molecular weight is 467 g/mol. The van der Waals surface area contributed by atoms with Crippen molar-refractivity contribution in [3.05, 3.63) is 87.4 Å². The molecule has 0 aliphatic carbocycles. The number of amides is 1. The molecule has 6 heteroatoms. The number of rotatable bonds is 8. The Labute approximate surface area is 199 Å². The van der Waals surface area contributed by atoms with Crippen LogP contribution in [0.3, 0.4) is 0 Å². The van der Waals surface area contributed by atoms with Crippen LogP contribution in [0.15, 0.2) is 60.7 Å². The van der Waals surface area contributed by atoms with Crippen LogP contribution in [0.2, 0.25) is 0 Å². The maximum absolute atomic E-state index is 13.3. The lowest BCUT2D eigenvalue weighted by Crippen LogP contribution is -2.35. The molecule has 0 spiro atoms. The van der Waals surface area contributed by atoms with Gasteiger partial charge in [-0.3, -0.25) is 9.69 Å². The monoisotopic (exact) mass is 466 g/mol. The largest absolute Gasteiger partial charge is 0.497 e. The fourth-order valence-electron chi connectivity index (χ4n) is 4.69. The molecule has 0 radical (unpaired) electrons. The van der Waals surface area contributed by atoms with Crippen LogP contribution in [0, 0.1) is 18.7 Å². The van der Waals surface area contributed by atoms with Crippen LogP contribution in [-0.2, 0) is 17.9 Å². The van der Waals surface area contributed by atoms with Gasteiger partial charge in [-0.15, -0.1) is 11.3 Å². The second-order valence-electron chi connectivity index (χ2n) is 8.87. The van der Waals surface area contributed by atoms with E-state index in [1.54, 1.807) is 26.2 Å². The Morgan fingerprint density at radius 1 is 1.09 bits per heavy atom. The van der Waals surface area contributed by atoms with E-state index < -0.39 is 0 Å². The van der Waals surface area contributed by atoms with Crippen LogP contribution < -0.4 is 4.74 Å². The van der Waals surface area contributed by atoms with Gasteiger partial charge in [0.1, 0.15) is 11.6 Å². The molecule has 1 aromatic heterocycles. The number of carbonyl (C=O) groups is 1. The van der Waals surface area contributed by atoms with E-state index in [2.05, 4.69) is 36.1 Å². The summed E-state index contributed by atoms with van der Waals surface area (Å²) in [6.07, 6.45) is 0. The van der Waals surface area contributed by atoms with E-state index in [4.69, 9.17) is 4.74 Å². The average Bonchev–Trinajstić information content (AvgIpc) is 3.40. The number of likely N-dealkylation sites (tertiary alicyclic amines) is 1. The third-order valence-corrected chi connectivity index (χ3v) is 7.41. The minimum atomic E-state index is -0.261. The molecular weight excluding hydrogens is 435 g/mol. The number of nitrogens with zero attached hydrogens (tertiary/aromatic N) is 2. The minimum absolute atomic E-state index is 0.0418. The predicted molar refractivity (Wildman–Crippen MR) is 131 cm³/mol. The molecule has 0 unspecified atom stereocenters. The van der Waals surface area contributed by atoms with Gasteiger partial charge >= 0.3 is 0 Å². The molecule has 4 nitrogen and oxygen atoms in total. The number of hydrogen-bond donors (Lipinski definition) is 0. The lowest BCUT2D eigenvalue weighted by atomic mass is 9.88. The van der Waals surface area contributed by atoms with E-state index >= 15 is 0 Å². The van der Waals surface area contributed by atoms with Crippen LogP contribution in [0.1, 0.15) is 33.7 Å². The van der Waals surface area contributed by atoms with Crippen molar-refractivity contribution in [1.29, 1.82) is 0 Å². The third-order valence-electron chi connectivity index (χ3n) is 6.42. The zero-order chi connectivity index (χ0) is 23.4. The number of aryl methyl sites for hydroxylation is 1. The molecule has 0 saturated carbocycles. The zero-order valence-electron chi connectivity index (χ0n) is 19.5. The van der Waals surface area contributed by atoms with Crippen LogP contribution in [-0.4, -0.2) is 42.5 Å². The van der Waals surface area contributed by atoms with Crippen molar-refractivity contribution in [2.24, 2.45) is 5.92 Å². The first kappa shape index (κ1) is 23.5. The summed E-state index contributed by atoms with van der Waals surface area (Å²) in [5.41, 5.74) is 2.22. The summed E-state index contributed by atoms with van der Waals surface area (Å²) in [7, 11) is 1.68. The standard InChI is InChI=1S/C27H31FN2O2S/c1-19-4-13-26(33-19)17-29-15-23(27(18-29)22-7-11-25(32-3)12-8-22)16-30(20(2)31)14-21-5-9-24(28)10-6-21/h4-13,23,27H,14-18H2,1-3H3/t23-,27+/m1/s1. The predicted octanol–water partition coefficient (Wildman–Crippen LogP) is 5.47. The van der Waals surface area contributed by atoms with Gasteiger partial charge in [-0.2, -0.15) is 0 Å². The van der Waals surface area contributed by atoms with Gasteiger partial charge in [0, 0.05) is 55.3 Å². The first-order valence-electron chi connectivity index (χ1n) is 11.3. The Balaban J connectivity index is 1.53. The molecule has 3 aromatic rings. The summed E-state index contributed by atoms with van der Waals surface area (Å²) in [6.45, 7) is 7.74. The summed E-state index contributed by atoms with van der Waals surface area (Å²) in [6, 6.07) is 19.1. The second-order valence-corrected chi connectivity index (χ2v) is 10.2. The van der Waals surface area contributed by atoms with Gasteiger partial charge in [-0.25, -0.2) is 4.39 Å². The number of carbonyl (C=O) groups excluding carboxylic acids is 1. The summed E-state index contributed by atoms with van der Waals surface area (Å²) >= 11 is 1.85. The highest BCUT2D eigenvalue weighted by Crippen LogP contribution is 2.35. The van der Waals surface area contributed by atoms with Gasteiger partial charge in [0.25, 0.3) is 0 Å². The highest BCUT2D eigenvalue weighted by molar-refractivity contribution is 7.11. The normalized spacial score (nSPS) is 18.4. The fraction of sp³-hybridized carbons (Fsp3) is 0.370. The van der Waals surface area contributed by atoms with Gasteiger partial charge < -0.3 is 9.64 Å². The van der Waals surface area contributed by atoms with E-state index in [-0.39, 0.29) is 11.7 Å². The van der Waals surface area contributed by atoms with Gasteiger partial charge in [0.15, 0.2) is 0 Å². The SMILES string of the molecule is COc1ccc([C@@H]2CN(Cc3ccc(C)s3)C[C@@H]2CN(Cc2ccc(F)cc2)C(C)=O)cc1. The topological polar surface area (TPSA) is 32.8 Å². The van der Waals surface area contributed by atoms with Crippen molar-refractivity contribution >= 4 is 17.2 Å². The Hall–Kier alpha value is -2.70. The lowest BCUT2D eigenvalue weighted by molar-refractivity contribution is -0.130. The van der Waals surface area contributed by atoms with Gasteiger partial charge in [0.2, 0.25) is 5.91 Å². The molecule has 2 atom stereocenters. The maximum atomic E-state index is 13.3. The quantitative estimate of drug-likeness (QED) is 0.441. The van der Waals surface area contributed by atoms with Crippen molar-refractivity contribution in [2.75, 3.05) is 26.7 Å².